The number of benzene rings is 1. The number of hydrogen-bond acceptors (Lipinski definition) is 2. The number of likely N-dealkylation sites (tertiary alicyclic amines) is 1. The number of nitrogens with one attached hydrogen (secondary N) is 1. The zero-order valence-electron chi connectivity index (χ0n) is 15.5. The Balaban J connectivity index is 0.00000196. The number of carbonyl (C=O) groups excluding carboxylic acids is 1. The van der Waals surface area contributed by atoms with Crippen molar-refractivity contribution in [2.75, 3.05) is 37.6 Å². The van der Waals surface area contributed by atoms with Crippen molar-refractivity contribution < 1.29 is 4.79 Å². The summed E-state index contributed by atoms with van der Waals surface area (Å²) in [5.41, 5.74) is 2.86. The summed E-state index contributed by atoms with van der Waals surface area (Å²) in [6, 6.07) is 8.19. The average Bonchev–Trinajstić information content (AvgIpc) is 3.22. The summed E-state index contributed by atoms with van der Waals surface area (Å²) in [4.78, 5) is 21.6. The summed E-state index contributed by atoms with van der Waals surface area (Å²) < 4.78 is 0. The van der Waals surface area contributed by atoms with Crippen LogP contribution in [0.25, 0.3) is 0 Å². The highest BCUT2D eigenvalue weighted by Crippen LogP contribution is 2.47. The van der Waals surface area contributed by atoms with E-state index in [0.717, 1.165) is 44.2 Å². The lowest BCUT2D eigenvalue weighted by molar-refractivity contribution is -0.117. The summed E-state index contributed by atoms with van der Waals surface area (Å²) in [5, 5.41) is 3.38. The molecule has 1 aromatic carbocycles. The second-order valence-electron chi connectivity index (χ2n) is 7.62. The number of halogens is 1. The van der Waals surface area contributed by atoms with Crippen LogP contribution in [0.4, 0.5) is 5.69 Å². The lowest BCUT2D eigenvalue weighted by Crippen LogP contribution is -2.43. The van der Waals surface area contributed by atoms with Gasteiger partial charge in [-0.25, -0.2) is 4.99 Å². The van der Waals surface area contributed by atoms with Crippen LogP contribution in [0.1, 0.15) is 38.2 Å². The zero-order chi connectivity index (χ0) is 17.3. The van der Waals surface area contributed by atoms with Gasteiger partial charge in [0.1, 0.15) is 6.54 Å². The van der Waals surface area contributed by atoms with Crippen molar-refractivity contribution in [2.24, 2.45) is 10.4 Å². The minimum atomic E-state index is 0. The Bertz CT molecular complexity index is 686. The van der Waals surface area contributed by atoms with Crippen LogP contribution in [0.3, 0.4) is 0 Å². The molecule has 1 N–H and O–H groups in total. The van der Waals surface area contributed by atoms with Crippen molar-refractivity contribution >= 4 is 41.5 Å². The first-order chi connectivity index (χ1) is 12.2. The van der Waals surface area contributed by atoms with E-state index in [1.54, 1.807) is 0 Å². The van der Waals surface area contributed by atoms with Crippen LogP contribution >= 0.6 is 24.0 Å². The van der Waals surface area contributed by atoms with Gasteiger partial charge in [-0.3, -0.25) is 4.79 Å². The molecule has 4 rings (SSSR count). The van der Waals surface area contributed by atoms with Crippen molar-refractivity contribution in [2.45, 2.75) is 39.0 Å². The zero-order valence-corrected chi connectivity index (χ0v) is 17.9. The standard InChI is InChI=1S/C20H28N4O.HI/c1-2-21-19(23-13-11-20(15-23)9-5-10-20)22-14-18(25)24-12-8-16-6-3-4-7-17(16)24;/h3-4,6-7H,2,5,8-15H2,1H3,(H,21,22);1H. The molecule has 2 heterocycles. The minimum Gasteiger partial charge on any atom is -0.357 e. The van der Waals surface area contributed by atoms with E-state index in [-0.39, 0.29) is 36.4 Å². The van der Waals surface area contributed by atoms with E-state index in [1.807, 2.05) is 23.1 Å². The molecule has 0 radical (unpaired) electrons. The highest BCUT2D eigenvalue weighted by molar-refractivity contribution is 14.0. The number of hydrogen-bond donors (Lipinski definition) is 1. The number of guanidine groups is 1. The summed E-state index contributed by atoms with van der Waals surface area (Å²) in [7, 11) is 0. The van der Waals surface area contributed by atoms with E-state index in [2.05, 4.69) is 28.2 Å². The van der Waals surface area contributed by atoms with Gasteiger partial charge in [0.25, 0.3) is 0 Å². The lowest BCUT2D eigenvalue weighted by Gasteiger charge is -2.38. The molecule has 142 valence electrons. The minimum absolute atomic E-state index is 0. The molecule has 6 heteroatoms. The fraction of sp³-hybridized carbons (Fsp3) is 0.600. The van der Waals surface area contributed by atoms with Crippen molar-refractivity contribution in [3.05, 3.63) is 29.8 Å². The van der Waals surface area contributed by atoms with Gasteiger partial charge in [0, 0.05) is 31.9 Å². The fourth-order valence-corrected chi connectivity index (χ4v) is 4.45. The van der Waals surface area contributed by atoms with Crippen LogP contribution in [0, 0.1) is 5.41 Å². The molecular weight excluding hydrogens is 439 g/mol. The lowest BCUT2D eigenvalue weighted by atomic mass is 9.68. The second kappa shape index (κ2) is 8.15. The van der Waals surface area contributed by atoms with Crippen LogP contribution in [0.2, 0.25) is 0 Å². The largest absolute Gasteiger partial charge is 0.357 e. The van der Waals surface area contributed by atoms with Crippen LogP contribution in [-0.2, 0) is 11.2 Å². The first kappa shape index (κ1) is 19.5. The van der Waals surface area contributed by atoms with Gasteiger partial charge < -0.3 is 15.1 Å². The molecule has 0 unspecified atom stereocenters. The molecule has 5 nitrogen and oxygen atoms in total. The first-order valence-electron chi connectivity index (χ1n) is 9.62. The number of fused-ring (bicyclic) bond motifs is 1. The van der Waals surface area contributed by atoms with E-state index in [4.69, 9.17) is 0 Å². The second-order valence-corrected chi connectivity index (χ2v) is 7.62. The Kier molecular flexibility index (Phi) is 6.10. The maximum Gasteiger partial charge on any atom is 0.248 e. The van der Waals surface area contributed by atoms with Gasteiger partial charge in [0.05, 0.1) is 0 Å². The molecule has 0 aromatic heterocycles. The number of anilines is 1. The predicted molar refractivity (Wildman–Crippen MR) is 116 cm³/mol. The number of aliphatic imine (C=N–C) groups is 1. The molecule has 1 saturated heterocycles. The monoisotopic (exact) mass is 468 g/mol. The molecular formula is C20H29IN4O. The Morgan fingerprint density at radius 3 is 2.73 bits per heavy atom. The molecule has 0 bridgehead atoms. The number of nitrogens with zero attached hydrogens (tertiary/aromatic N) is 3. The third-order valence-electron chi connectivity index (χ3n) is 6.04. The summed E-state index contributed by atoms with van der Waals surface area (Å²) in [6.07, 6.45) is 6.29. The SMILES string of the molecule is CCNC(=NCC(=O)N1CCc2ccccc21)N1CCC2(CCC2)C1.I. The molecule has 2 aliphatic heterocycles. The van der Waals surface area contributed by atoms with Crippen molar-refractivity contribution in [1.29, 1.82) is 0 Å². The highest BCUT2D eigenvalue weighted by Gasteiger charge is 2.43. The molecule has 1 aromatic rings. The highest BCUT2D eigenvalue weighted by atomic mass is 127. The van der Waals surface area contributed by atoms with Gasteiger partial charge in [-0.15, -0.1) is 24.0 Å². The van der Waals surface area contributed by atoms with Crippen LogP contribution in [-0.4, -0.2) is 49.5 Å². The quantitative estimate of drug-likeness (QED) is 0.422. The van der Waals surface area contributed by atoms with E-state index in [1.165, 1.54) is 31.2 Å². The molecule has 1 saturated carbocycles. The molecule has 26 heavy (non-hydrogen) atoms. The van der Waals surface area contributed by atoms with E-state index in [0.29, 0.717) is 5.41 Å². The van der Waals surface area contributed by atoms with E-state index >= 15 is 0 Å². The average molecular weight is 468 g/mol. The van der Waals surface area contributed by atoms with Crippen molar-refractivity contribution in [3.63, 3.8) is 0 Å². The smallest absolute Gasteiger partial charge is 0.248 e. The third kappa shape index (κ3) is 3.70. The van der Waals surface area contributed by atoms with Gasteiger partial charge in [-0.2, -0.15) is 0 Å². The van der Waals surface area contributed by atoms with E-state index in [9.17, 15) is 4.79 Å². The third-order valence-corrected chi connectivity index (χ3v) is 6.04. The summed E-state index contributed by atoms with van der Waals surface area (Å²) >= 11 is 0. The van der Waals surface area contributed by atoms with Gasteiger partial charge in [0.15, 0.2) is 5.96 Å². The molecule has 1 amide bonds. The first-order valence-corrected chi connectivity index (χ1v) is 9.62. The Hall–Kier alpha value is -1.31. The van der Waals surface area contributed by atoms with Gasteiger partial charge in [0.2, 0.25) is 5.91 Å². The van der Waals surface area contributed by atoms with Crippen molar-refractivity contribution in [3.8, 4) is 0 Å². The molecule has 3 aliphatic rings. The number of amides is 1. The van der Waals surface area contributed by atoms with E-state index < -0.39 is 0 Å². The maximum absolute atomic E-state index is 12.7. The van der Waals surface area contributed by atoms with Crippen molar-refractivity contribution in [1.82, 2.24) is 10.2 Å². The normalized spacial score (nSPS) is 20.6. The molecule has 1 aliphatic carbocycles. The van der Waals surface area contributed by atoms with Gasteiger partial charge in [-0.05, 0) is 49.7 Å². The summed E-state index contributed by atoms with van der Waals surface area (Å²) in [5.74, 6) is 1.00. The maximum atomic E-state index is 12.7. The predicted octanol–water partition coefficient (Wildman–Crippen LogP) is 3.04. The number of para-hydroxylation sites is 1. The molecule has 2 fully saturated rings. The molecule has 1 spiro atoms. The fourth-order valence-electron chi connectivity index (χ4n) is 4.45. The van der Waals surface area contributed by atoms with Gasteiger partial charge in [-0.1, -0.05) is 24.6 Å². The Labute approximate surface area is 173 Å². The topological polar surface area (TPSA) is 47.9 Å². The Morgan fingerprint density at radius 1 is 1.23 bits per heavy atom. The summed E-state index contributed by atoms with van der Waals surface area (Å²) in [6.45, 7) is 6.08. The van der Waals surface area contributed by atoms with Crippen LogP contribution in [0.15, 0.2) is 29.3 Å². The van der Waals surface area contributed by atoms with Gasteiger partial charge >= 0.3 is 0 Å². The van der Waals surface area contributed by atoms with Crippen LogP contribution in [0.5, 0.6) is 0 Å². The number of rotatable bonds is 3. The van der Waals surface area contributed by atoms with Crippen LogP contribution < -0.4 is 10.2 Å². The molecule has 0 atom stereocenters. The number of carbonyl (C=O) groups is 1. The Morgan fingerprint density at radius 2 is 2.04 bits per heavy atom.